The maximum Gasteiger partial charge on any atom is 0.225 e. The average molecular weight is 332 g/mol. The quantitative estimate of drug-likeness (QED) is 0.814. The Labute approximate surface area is 142 Å². The van der Waals surface area contributed by atoms with Gasteiger partial charge in [-0.1, -0.05) is 31.0 Å². The van der Waals surface area contributed by atoms with E-state index in [-0.39, 0.29) is 23.5 Å². The summed E-state index contributed by atoms with van der Waals surface area (Å²) in [5, 5.41) is 2.91. The zero-order chi connectivity index (χ0) is 16.9. The van der Waals surface area contributed by atoms with Gasteiger partial charge in [-0.25, -0.2) is 4.39 Å². The molecular weight excluding hydrogens is 307 g/mol. The van der Waals surface area contributed by atoms with Gasteiger partial charge in [0.15, 0.2) is 0 Å². The van der Waals surface area contributed by atoms with E-state index in [1.807, 2.05) is 11.0 Å². The van der Waals surface area contributed by atoms with Crippen molar-refractivity contribution in [2.45, 2.75) is 51.0 Å². The van der Waals surface area contributed by atoms with Crippen LogP contribution < -0.4 is 5.32 Å². The summed E-state index contributed by atoms with van der Waals surface area (Å²) in [5.41, 5.74) is 0.676. The Bertz CT molecular complexity index is 599. The zero-order valence-electron chi connectivity index (χ0n) is 14.0. The number of carbonyl (C=O) groups is 2. The van der Waals surface area contributed by atoms with Gasteiger partial charge in [0.05, 0.1) is 5.92 Å². The highest BCUT2D eigenvalue weighted by molar-refractivity contribution is 5.89. The summed E-state index contributed by atoms with van der Waals surface area (Å²) in [6, 6.07) is 7.06. The largest absolute Gasteiger partial charge is 0.356 e. The van der Waals surface area contributed by atoms with Crippen LogP contribution in [0.25, 0.3) is 0 Å². The van der Waals surface area contributed by atoms with E-state index in [0.717, 1.165) is 12.8 Å². The van der Waals surface area contributed by atoms with Crippen molar-refractivity contribution in [1.82, 2.24) is 10.2 Å². The minimum Gasteiger partial charge on any atom is -0.356 e. The molecule has 2 fully saturated rings. The van der Waals surface area contributed by atoms with Gasteiger partial charge in [0.1, 0.15) is 5.82 Å². The Morgan fingerprint density at radius 1 is 1.25 bits per heavy atom. The van der Waals surface area contributed by atoms with Crippen molar-refractivity contribution in [3.63, 3.8) is 0 Å². The number of aryl methyl sites for hydroxylation is 1. The van der Waals surface area contributed by atoms with E-state index >= 15 is 0 Å². The molecule has 0 spiro atoms. The molecule has 3 rings (SSSR count). The van der Waals surface area contributed by atoms with Gasteiger partial charge in [-0.15, -0.1) is 0 Å². The van der Waals surface area contributed by atoms with E-state index in [1.165, 1.54) is 18.9 Å². The monoisotopic (exact) mass is 332 g/mol. The molecule has 4 nitrogen and oxygen atoms in total. The van der Waals surface area contributed by atoms with E-state index in [9.17, 15) is 14.0 Å². The Hall–Kier alpha value is -1.91. The SMILES string of the molecule is O=C(NCCCc1ccccc1F)[C@@H]1CC(=O)N(C2CCCC2)C1. The molecule has 0 aromatic heterocycles. The van der Waals surface area contributed by atoms with E-state index in [1.54, 1.807) is 12.1 Å². The minimum atomic E-state index is -0.230. The van der Waals surface area contributed by atoms with Crippen molar-refractivity contribution in [3.8, 4) is 0 Å². The normalized spacial score (nSPS) is 21.5. The first-order valence-electron chi connectivity index (χ1n) is 8.95. The predicted octanol–water partition coefficient (Wildman–Crippen LogP) is 2.67. The van der Waals surface area contributed by atoms with Crippen LogP contribution in [0.3, 0.4) is 0 Å². The van der Waals surface area contributed by atoms with Crippen LogP contribution in [-0.2, 0) is 16.0 Å². The summed E-state index contributed by atoms with van der Waals surface area (Å²) in [6.45, 7) is 1.07. The number of carbonyl (C=O) groups excluding carboxylic acids is 2. The van der Waals surface area contributed by atoms with Gasteiger partial charge >= 0.3 is 0 Å². The Kier molecular flexibility index (Phi) is 5.48. The van der Waals surface area contributed by atoms with E-state index in [0.29, 0.717) is 44.0 Å². The summed E-state index contributed by atoms with van der Waals surface area (Å²) >= 11 is 0. The lowest BCUT2D eigenvalue weighted by atomic mass is 10.1. The van der Waals surface area contributed by atoms with Crippen LogP contribution in [0.1, 0.15) is 44.1 Å². The topological polar surface area (TPSA) is 49.4 Å². The first-order chi connectivity index (χ1) is 11.6. The lowest BCUT2D eigenvalue weighted by molar-refractivity contribution is -0.130. The molecule has 2 aliphatic rings. The molecule has 1 saturated carbocycles. The number of hydrogen-bond acceptors (Lipinski definition) is 2. The standard InChI is InChI=1S/C19H25FN2O2/c20-17-10-4-1-6-14(17)7-5-11-21-19(24)15-12-18(23)22(13-15)16-8-2-3-9-16/h1,4,6,10,15-16H,2-3,5,7-9,11-13H2,(H,21,24)/t15-/m1/s1. The van der Waals surface area contributed by atoms with Crippen LogP contribution in [0, 0.1) is 11.7 Å². The number of amides is 2. The van der Waals surface area contributed by atoms with Crippen molar-refractivity contribution in [2.75, 3.05) is 13.1 Å². The van der Waals surface area contributed by atoms with Crippen LogP contribution in [0.4, 0.5) is 4.39 Å². The van der Waals surface area contributed by atoms with Gasteiger partial charge in [-0.3, -0.25) is 9.59 Å². The number of nitrogens with one attached hydrogen (secondary N) is 1. The summed E-state index contributed by atoms with van der Waals surface area (Å²) in [7, 11) is 0. The van der Waals surface area contributed by atoms with Crippen molar-refractivity contribution in [3.05, 3.63) is 35.6 Å². The number of hydrogen-bond donors (Lipinski definition) is 1. The van der Waals surface area contributed by atoms with Crippen LogP contribution in [0.2, 0.25) is 0 Å². The number of nitrogens with zero attached hydrogens (tertiary/aromatic N) is 1. The van der Waals surface area contributed by atoms with Crippen molar-refractivity contribution in [1.29, 1.82) is 0 Å². The van der Waals surface area contributed by atoms with Crippen LogP contribution >= 0.6 is 0 Å². The van der Waals surface area contributed by atoms with Crippen molar-refractivity contribution in [2.24, 2.45) is 5.92 Å². The molecule has 1 aromatic carbocycles. The Morgan fingerprint density at radius 2 is 2.00 bits per heavy atom. The molecule has 1 aliphatic heterocycles. The van der Waals surface area contributed by atoms with Gasteiger partial charge < -0.3 is 10.2 Å². The van der Waals surface area contributed by atoms with E-state index in [4.69, 9.17) is 0 Å². The van der Waals surface area contributed by atoms with Crippen LogP contribution in [-0.4, -0.2) is 35.8 Å². The van der Waals surface area contributed by atoms with E-state index < -0.39 is 0 Å². The molecule has 1 aliphatic carbocycles. The van der Waals surface area contributed by atoms with Gasteiger partial charge in [0.2, 0.25) is 11.8 Å². The molecule has 24 heavy (non-hydrogen) atoms. The third kappa shape index (κ3) is 3.94. The molecule has 130 valence electrons. The maximum absolute atomic E-state index is 13.5. The van der Waals surface area contributed by atoms with Crippen LogP contribution in [0.5, 0.6) is 0 Å². The second-order valence-corrected chi connectivity index (χ2v) is 6.87. The minimum absolute atomic E-state index is 0.0441. The second-order valence-electron chi connectivity index (χ2n) is 6.87. The third-order valence-corrected chi connectivity index (χ3v) is 5.17. The Morgan fingerprint density at radius 3 is 2.75 bits per heavy atom. The highest BCUT2D eigenvalue weighted by Crippen LogP contribution is 2.29. The highest BCUT2D eigenvalue weighted by Gasteiger charge is 2.38. The summed E-state index contributed by atoms with van der Waals surface area (Å²) in [5.74, 6) is -0.352. The van der Waals surface area contributed by atoms with Gasteiger partial charge in [-0.05, 0) is 37.3 Å². The molecule has 1 heterocycles. The third-order valence-electron chi connectivity index (χ3n) is 5.17. The summed E-state index contributed by atoms with van der Waals surface area (Å²) in [6.07, 6.45) is 6.13. The van der Waals surface area contributed by atoms with E-state index in [2.05, 4.69) is 5.32 Å². The fraction of sp³-hybridized carbons (Fsp3) is 0.579. The predicted molar refractivity (Wildman–Crippen MR) is 89.8 cm³/mol. The number of likely N-dealkylation sites (tertiary alicyclic amines) is 1. The molecular formula is C19H25FN2O2. The lowest BCUT2D eigenvalue weighted by Gasteiger charge is -2.23. The maximum atomic E-state index is 13.5. The molecule has 1 atom stereocenters. The van der Waals surface area contributed by atoms with Gasteiger partial charge in [0.25, 0.3) is 0 Å². The fourth-order valence-electron chi connectivity index (χ4n) is 3.81. The summed E-state index contributed by atoms with van der Waals surface area (Å²) < 4.78 is 13.5. The van der Waals surface area contributed by atoms with Crippen molar-refractivity contribution < 1.29 is 14.0 Å². The molecule has 1 N–H and O–H groups in total. The molecule has 2 amide bonds. The highest BCUT2D eigenvalue weighted by atomic mass is 19.1. The molecule has 0 bridgehead atoms. The first kappa shape index (κ1) is 16.9. The molecule has 0 radical (unpaired) electrons. The van der Waals surface area contributed by atoms with Gasteiger partial charge in [-0.2, -0.15) is 0 Å². The first-order valence-corrected chi connectivity index (χ1v) is 8.95. The molecule has 5 heteroatoms. The van der Waals surface area contributed by atoms with Crippen molar-refractivity contribution >= 4 is 11.8 Å². The molecule has 1 saturated heterocycles. The second kappa shape index (κ2) is 7.77. The molecule has 1 aromatic rings. The zero-order valence-corrected chi connectivity index (χ0v) is 14.0. The average Bonchev–Trinajstić information content (AvgIpc) is 3.22. The smallest absolute Gasteiger partial charge is 0.225 e. The molecule has 0 unspecified atom stereocenters. The summed E-state index contributed by atoms with van der Waals surface area (Å²) in [4.78, 5) is 26.3. The number of halogens is 1. The van der Waals surface area contributed by atoms with Crippen LogP contribution in [0.15, 0.2) is 24.3 Å². The number of rotatable bonds is 6. The lowest BCUT2D eigenvalue weighted by Crippen LogP contribution is -2.37. The Balaban J connectivity index is 1.41. The fourth-order valence-corrected chi connectivity index (χ4v) is 3.81. The van der Waals surface area contributed by atoms with Gasteiger partial charge in [0, 0.05) is 25.6 Å². The number of benzene rings is 1.